The molecule has 0 aromatic heterocycles. The smallest absolute Gasteiger partial charge is 0.309 e. The lowest BCUT2D eigenvalue weighted by Crippen LogP contribution is -2.46. The van der Waals surface area contributed by atoms with Crippen LogP contribution in [0.5, 0.6) is 0 Å². The van der Waals surface area contributed by atoms with Crippen LogP contribution in [0.15, 0.2) is 48.5 Å². The van der Waals surface area contributed by atoms with Gasteiger partial charge in [0, 0.05) is 52.8 Å². The van der Waals surface area contributed by atoms with Crippen molar-refractivity contribution in [2.75, 3.05) is 57.7 Å². The van der Waals surface area contributed by atoms with Crippen molar-refractivity contribution in [2.24, 2.45) is 0 Å². The fourth-order valence-electron chi connectivity index (χ4n) is 3.88. The van der Waals surface area contributed by atoms with Gasteiger partial charge >= 0.3 is 11.8 Å². The lowest BCUT2D eigenvalue weighted by atomic mass is 10.0. The van der Waals surface area contributed by atoms with E-state index in [1.165, 1.54) is 19.8 Å². The summed E-state index contributed by atoms with van der Waals surface area (Å²) in [5, 5.41) is 5.33. The Morgan fingerprint density at radius 1 is 0.969 bits per heavy atom. The molecular weight excluding hydrogens is 408 g/mol. The Hall–Kier alpha value is -3.10. The molecule has 0 bridgehead atoms. The highest BCUT2D eigenvalue weighted by molar-refractivity contribution is 6.35. The van der Waals surface area contributed by atoms with E-state index in [0.29, 0.717) is 6.54 Å². The van der Waals surface area contributed by atoms with Crippen molar-refractivity contribution in [3.8, 4) is 0 Å². The van der Waals surface area contributed by atoms with E-state index in [0.717, 1.165) is 29.9 Å². The largest absolute Gasteiger partial charge is 0.378 e. The number of nitrogens with one attached hydrogen (secondary N) is 2. The summed E-state index contributed by atoms with van der Waals surface area (Å²) in [6.07, 6.45) is 0.350. The van der Waals surface area contributed by atoms with Gasteiger partial charge < -0.3 is 29.9 Å². The van der Waals surface area contributed by atoms with E-state index in [2.05, 4.69) is 51.9 Å². The highest BCUT2D eigenvalue weighted by atomic mass is 16.7. The molecule has 3 rings (SSSR count). The SMILES string of the molecule is COC(CNC(=O)C(=O)NCC(c1ccc(N(C)C)cc1)N1CCc2ccccc21)OC. The number of amides is 2. The second-order valence-electron chi connectivity index (χ2n) is 7.89. The zero-order valence-corrected chi connectivity index (χ0v) is 19.1. The highest BCUT2D eigenvalue weighted by Crippen LogP contribution is 2.35. The second kappa shape index (κ2) is 11.0. The summed E-state index contributed by atoms with van der Waals surface area (Å²) < 4.78 is 10.1. The third kappa shape index (κ3) is 5.57. The van der Waals surface area contributed by atoms with Crippen LogP contribution in [0.2, 0.25) is 0 Å². The Balaban J connectivity index is 1.73. The van der Waals surface area contributed by atoms with E-state index in [4.69, 9.17) is 9.47 Å². The number of carbonyl (C=O) groups excluding carboxylic acids is 2. The predicted octanol–water partition coefficient (Wildman–Crippen LogP) is 1.71. The first kappa shape index (κ1) is 23.6. The Morgan fingerprint density at radius 2 is 1.59 bits per heavy atom. The minimum Gasteiger partial charge on any atom is -0.378 e. The number of carbonyl (C=O) groups is 2. The topological polar surface area (TPSA) is 83.1 Å². The second-order valence-corrected chi connectivity index (χ2v) is 7.89. The molecule has 0 saturated heterocycles. The number of methoxy groups -OCH3 is 2. The number of rotatable bonds is 9. The molecule has 2 aromatic carbocycles. The molecule has 8 heteroatoms. The number of hydrogen-bond donors (Lipinski definition) is 2. The summed E-state index contributed by atoms with van der Waals surface area (Å²) in [4.78, 5) is 29.0. The molecule has 0 aliphatic carbocycles. The normalized spacial score (nSPS) is 13.6. The number of fused-ring (bicyclic) bond motifs is 1. The van der Waals surface area contributed by atoms with Crippen LogP contribution in [0.4, 0.5) is 11.4 Å². The van der Waals surface area contributed by atoms with Crippen LogP contribution in [0, 0.1) is 0 Å². The van der Waals surface area contributed by atoms with Gasteiger partial charge in [-0.05, 0) is 35.7 Å². The van der Waals surface area contributed by atoms with Gasteiger partial charge in [0.2, 0.25) is 0 Å². The van der Waals surface area contributed by atoms with E-state index in [-0.39, 0.29) is 12.6 Å². The van der Waals surface area contributed by atoms with Crippen LogP contribution in [0.1, 0.15) is 17.2 Å². The Morgan fingerprint density at radius 3 is 2.22 bits per heavy atom. The minimum absolute atomic E-state index is 0.0914. The van der Waals surface area contributed by atoms with Crippen molar-refractivity contribution in [1.82, 2.24) is 10.6 Å². The molecule has 2 aromatic rings. The monoisotopic (exact) mass is 440 g/mol. The quantitative estimate of drug-likeness (QED) is 0.456. The molecule has 2 amide bonds. The van der Waals surface area contributed by atoms with Crippen LogP contribution in [0.3, 0.4) is 0 Å². The number of benzene rings is 2. The fourth-order valence-corrected chi connectivity index (χ4v) is 3.88. The van der Waals surface area contributed by atoms with Crippen molar-refractivity contribution in [2.45, 2.75) is 18.8 Å². The number of nitrogens with zero attached hydrogens (tertiary/aromatic N) is 2. The summed E-state index contributed by atoms with van der Waals surface area (Å²) in [5.74, 6) is -1.40. The number of hydrogen-bond acceptors (Lipinski definition) is 6. The number of ether oxygens (including phenoxy) is 2. The van der Waals surface area contributed by atoms with E-state index in [1.807, 2.05) is 31.1 Å². The van der Waals surface area contributed by atoms with Gasteiger partial charge in [-0.1, -0.05) is 30.3 Å². The molecule has 0 fully saturated rings. The maximum atomic E-state index is 12.4. The van der Waals surface area contributed by atoms with Gasteiger partial charge in [0.1, 0.15) is 0 Å². The lowest BCUT2D eigenvalue weighted by molar-refractivity contribution is -0.141. The van der Waals surface area contributed by atoms with E-state index >= 15 is 0 Å². The summed E-state index contributed by atoms with van der Waals surface area (Å²) in [5.41, 5.74) is 4.63. The molecule has 1 aliphatic heterocycles. The molecule has 172 valence electrons. The van der Waals surface area contributed by atoms with Crippen molar-refractivity contribution < 1.29 is 19.1 Å². The molecule has 32 heavy (non-hydrogen) atoms. The average Bonchev–Trinajstić information content (AvgIpc) is 3.24. The third-order valence-corrected chi connectivity index (χ3v) is 5.71. The minimum atomic E-state index is -0.715. The molecule has 1 atom stereocenters. The van der Waals surface area contributed by atoms with Crippen LogP contribution >= 0.6 is 0 Å². The van der Waals surface area contributed by atoms with E-state index in [9.17, 15) is 9.59 Å². The van der Waals surface area contributed by atoms with E-state index < -0.39 is 18.1 Å². The summed E-state index contributed by atoms with van der Waals surface area (Å²) in [7, 11) is 6.94. The maximum absolute atomic E-state index is 12.4. The summed E-state index contributed by atoms with van der Waals surface area (Å²) in [6, 6.07) is 16.5. The Bertz CT molecular complexity index is 912. The van der Waals surface area contributed by atoms with E-state index in [1.54, 1.807) is 0 Å². The van der Waals surface area contributed by atoms with Crippen molar-refractivity contribution >= 4 is 23.2 Å². The van der Waals surface area contributed by atoms with Crippen molar-refractivity contribution in [1.29, 1.82) is 0 Å². The van der Waals surface area contributed by atoms with Gasteiger partial charge in [-0.25, -0.2) is 0 Å². The molecule has 1 unspecified atom stereocenters. The standard InChI is InChI=1S/C24H32N4O4/c1-27(2)19-11-9-18(10-12-19)21(28-14-13-17-7-5-6-8-20(17)28)15-25-23(29)24(30)26-16-22(31-3)32-4/h5-12,21-22H,13-16H2,1-4H3,(H,25,29)(H,26,30). The molecule has 0 radical (unpaired) electrons. The van der Waals surface area contributed by atoms with Crippen molar-refractivity contribution in [3.05, 3.63) is 59.7 Å². The Labute approximate surface area is 189 Å². The van der Waals surface area contributed by atoms with Crippen LogP contribution in [0.25, 0.3) is 0 Å². The first-order chi connectivity index (χ1) is 15.4. The molecule has 1 aliphatic rings. The van der Waals surface area contributed by atoms with Crippen LogP contribution in [-0.2, 0) is 25.5 Å². The zero-order valence-electron chi connectivity index (χ0n) is 19.1. The van der Waals surface area contributed by atoms with Crippen molar-refractivity contribution in [3.63, 3.8) is 0 Å². The summed E-state index contributed by atoms with van der Waals surface area (Å²) >= 11 is 0. The molecule has 0 spiro atoms. The molecular formula is C24H32N4O4. The van der Waals surface area contributed by atoms with Crippen LogP contribution in [-0.4, -0.2) is 66.1 Å². The molecule has 2 N–H and O–H groups in total. The van der Waals surface area contributed by atoms with Crippen LogP contribution < -0.4 is 20.4 Å². The number of para-hydroxylation sites is 1. The number of anilines is 2. The van der Waals surface area contributed by atoms with Gasteiger partial charge in [0.25, 0.3) is 0 Å². The van der Waals surface area contributed by atoms with Gasteiger partial charge in [0.05, 0.1) is 12.6 Å². The first-order valence-electron chi connectivity index (χ1n) is 10.7. The van der Waals surface area contributed by atoms with Gasteiger partial charge in [-0.3, -0.25) is 9.59 Å². The predicted molar refractivity (Wildman–Crippen MR) is 125 cm³/mol. The average molecular weight is 441 g/mol. The van der Waals surface area contributed by atoms with Gasteiger partial charge in [-0.2, -0.15) is 0 Å². The third-order valence-electron chi connectivity index (χ3n) is 5.71. The molecule has 0 saturated carbocycles. The lowest BCUT2D eigenvalue weighted by Gasteiger charge is -2.31. The molecule has 1 heterocycles. The van der Waals surface area contributed by atoms with Gasteiger partial charge in [0.15, 0.2) is 6.29 Å². The summed E-state index contributed by atoms with van der Waals surface area (Å²) in [6.45, 7) is 1.25. The molecule has 8 nitrogen and oxygen atoms in total. The highest BCUT2D eigenvalue weighted by Gasteiger charge is 2.28. The fraction of sp³-hybridized carbons (Fsp3) is 0.417. The maximum Gasteiger partial charge on any atom is 0.309 e. The zero-order chi connectivity index (χ0) is 23.1. The Kier molecular flexibility index (Phi) is 8.08. The van der Waals surface area contributed by atoms with Gasteiger partial charge in [-0.15, -0.1) is 0 Å². The first-order valence-corrected chi connectivity index (χ1v) is 10.7.